The van der Waals surface area contributed by atoms with E-state index in [-0.39, 0.29) is 0 Å². The second-order valence-corrected chi connectivity index (χ2v) is 1.32. The van der Waals surface area contributed by atoms with Crippen molar-refractivity contribution in [2.75, 3.05) is 0 Å². The highest BCUT2D eigenvalue weighted by Crippen LogP contribution is 1.94. The lowest BCUT2D eigenvalue weighted by Crippen LogP contribution is -2.21. The third-order valence-corrected chi connectivity index (χ3v) is 0.739. The van der Waals surface area contributed by atoms with Gasteiger partial charge in [0.05, 0.1) is 6.54 Å². The molecule has 0 aromatic carbocycles. The van der Waals surface area contributed by atoms with E-state index in [1.807, 2.05) is 18.2 Å². The summed E-state index contributed by atoms with van der Waals surface area (Å²) in [5.74, 6) is 5.27. The van der Waals surface area contributed by atoms with Crippen LogP contribution in [-0.4, -0.2) is 5.01 Å². The van der Waals surface area contributed by atoms with Crippen molar-refractivity contribution in [1.29, 1.82) is 0 Å². The fraction of sp³-hybridized carbons (Fsp3) is 0. The molecule has 1 radical (unpaired) electrons. The van der Waals surface area contributed by atoms with E-state index in [2.05, 4.69) is 0 Å². The Bertz CT molecular complexity index is 105. The molecule has 0 amide bonds. The predicted octanol–water partition coefficient (Wildman–Crippen LogP) is 0.407. The van der Waals surface area contributed by atoms with Gasteiger partial charge in [-0.15, -0.1) is 0 Å². The van der Waals surface area contributed by atoms with Crippen LogP contribution in [0.3, 0.4) is 0 Å². The quantitative estimate of drug-likeness (QED) is 0.441. The molecule has 1 heterocycles. The highest BCUT2D eigenvalue weighted by Gasteiger charge is 1.87. The Labute approximate surface area is 42.9 Å². The van der Waals surface area contributed by atoms with Gasteiger partial charge in [-0.2, -0.15) is 0 Å². The Morgan fingerprint density at radius 2 is 2.00 bits per heavy atom. The molecule has 0 bridgehead atoms. The molecule has 0 saturated carbocycles. The number of allylic oxidation sites excluding steroid dienone is 2. The summed E-state index contributed by atoms with van der Waals surface area (Å²) in [6.07, 6.45) is 7.45. The molecule has 7 heavy (non-hydrogen) atoms. The molecular formula is C5H7N2. The number of hydrogen-bond donors (Lipinski definition) is 1. The van der Waals surface area contributed by atoms with E-state index < -0.39 is 0 Å². The Morgan fingerprint density at radius 3 is 2.29 bits per heavy atom. The lowest BCUT2D eigenvalue weighted by Gasteiger charge is -2.10. The van der Waals surface area contributed by atoms with Crippen LogP contribution in [0.15, 0.2) is 24.4 Å². The zero-order chi connectivity index (χ0) is 5.11. The van der Waals surface area contributed by atoms with E-state index in [9.17, 15) is 0 Å². The first-order valence-electron chi connectivity index (χ1n) is 2.11. The van der Waals surface area contributed by atoms with Gasteiger partial charge in [-0.25, -0.2) is 5.84 Å². The van der Waals surface area contributed by atoms with Gasteiger partial charge in [-0.3, -0.25) is 0 Å². The van der Waals surface area contributed by atoms with Crippen molar-refractivity contribution in [2.24, 2.45) is 5.84 Å². The maximum atomic E-state index is 5.27. The van der Waals surface area contributed by atoms with Gasteiger partial charge in [0.1, 0.15) is 0 Å². The summed E-state index contributed by atoms with van der Waals surface area (Å²) in [4.78, 5) is 0. The van der Waals surface area contributed by atoms with Crippen molar-refractivity contribution in [1.82, 2.24) is 5.01 Å². The van der Waals surface area contributed by atoms with Crippen LogP contribution in [0.1, 0.15) is 0 Å². The minimum atomic E-state index is 1.50. The van der Waals surface area contributed by atoms with Gasteiger partial charge in [-0.1, -0.05) is 12.2 Å². The zero-order valence-electron chi connectivity index (χ0n) is 3.91. The monoisotopic (exact) mass is 95.1 g/mol. The van der Waals surface area contributed by atoms with Crippen LogP contribution in [0.25, 0.3) is 0 Å². The topological polar surface area (TPSA) is 29.3 Å². The van der Waals surface area contributed by atoms with E-state index in [0.29, 0.717) is 0 Å². The molecule has 0 spiro atoms. The first-order valence-corrected chi connectivity index (χ1v) is 2.11. The smallest absolute Gasteiger partial charge is 0.0883 e. The maximum absolute atomic E-state index is 5.27. The zero-order valence-corrected chi connectivity index (χ0v) is 3.91. The van der Waals surface area contributed by atoms with E-state index in [1.165, 1.54) is 5.01 Å². The van der Waals surface area contributed by atoms with E-state index in [1.54, 1.807) is 12.7 Å². The summed E-state index contributed by atoms with van der Waals surface area (Å²) in [7, 11) is 0. The summed E-state index contributed by atoms with van der Waals surface area (Å²) in [5, 5.41) is 1.50. The Hall–Kier alpha value is -0.760. The molecule has 0 fully saturated rings. The molecule has 2 nitrogen and oxygen atoms in total. The fourth-order valence-corrected chi connectivity index (χ4v) is 0.412. The largest absolute Gasteiger partial charge is 0.309 e. The number of hydrazine groups is 1. The van der Waals surface area contributed by atoms with Crippen molar-refractivity contribution in [3.05, 3.63) is 31.0 Å². The van der Waals surface area contributed by atoms with E-state index >= 15 is 0 Å². The summed E-state index contributed by atoms with van der Waals surface area (Å²) in [6.45, 7) is 1.78. The van der Waals surface area contributed by atoms with Gasteiger partial charge in [0, 0.05) is 6.20 Å². The molecule has 1 aliphatic rings. The molecule has 2 heteroatoms. The van der Waals surface area contributed by atoms with Crippen molar-refractivity contribution in [3.8, 4) is 0 Å². The summed E-state index contributed by atoms with van der Waals surface area (Å²) >= 11 is 0. The molecule has 0 aliphatic carbocycles. The molecule has 37 valence electrons. The molecule has 0 unspecified atom stereocenters. The molecule has 0 aromatic heterocycles. The molecule has 1 rings (SSSR count). The molecule has 1 aliphatic heterocycles. The van der Waals surface area contributed by atoms with Crippen LogP contribution in [0.4, 0.5) is 0 Å². The standard InChI is InChI=1S/C5H7N2/c6-7-4-2-1-3-5-7/h1-5H,6H2. The van der Waals surface area contributed by atoms with Crippen LogP contribution in [0.2, 0.25) is 0 Å². The lowest BCUT2D eigenvalue weighted by atomic mass is 10.4. The molecular weight excluding hydrogens is 88.1 g/mol. The van der Waals surface area contributed by atoms with Gasteiger partial charge < -0.3 is 5.01 Å². The van der Waals surface area contributed by atoms with Gasteiger partial charge >= 0.3 is 0 Å². The fourth-order valence-electron chi connectivity index (χ4n) is 0.412. The Kier molecular flexibility index (Phi) is 1.13. The highest BCUT2D eigenvalue weighted by molar-refractivity contribution is 5.12. The Balaban J connectivity index is 2.49. The number of nitrogens with two attached hydrogens (primary N) is 1. The van der Waals surface area contributed by atoms with Crippen LogP contribution in [0.5, 0.6) is 0 Å². The van der Waals surface area contributed by atoms with Crippen LogP contribution in [0, 0.1) is 6.54 Å². The van der Waals surface area contributed by atoms with Crippen molar-refractivity contribution in [2.45, 2.75) is 0 Å². The normalized spacial score (nSPS) is 18.1. The summed E-state index contributed by atoms with van der Waals surface area (Å²) in [5.41, 5.74) is 0. The minimum absolute atomic E-state index is 1.50. The van der Waals surface area contributed by atoms with Crippen molar-refractivity contribution < 1.29 is 0 Å². The number of nitrogens with zero attached hydrogens (tertiary/aromatic N) is 1. The predicted molar refractivity (Wildman–Crippen MR) is 28.6 cm³/mol. The van der Waals surface area contributed by atoms with Crippen molar-refractivity contribution >= 4 is 0 Å². The average Bonchev–Trinajstić information content (AvgIpc) is 1.69. The average molecular weight is 95.1 g/mol. The second kappa shape index (κ2) is 1.80. The Morgan fingerprint density at radius 1 is 1.14 bits per heavy atom. The number of rotatable bonds is 0. The third-order valence-electron chi connectivity index (χ3n) is 0.739. The van der Waals surface area contributed by atoms with Gasteiger partial charge in [0.25, 0.3) is 0 Å². The first kappa shape index (κ1) is 4.40. The second-order valence-electron chi connectivity index (χ2n) is 1.32. The van der Waals surface area contributed by atoms with E-state index in [0.717, 1.165) is 0 Å². The third kappa shape index (κ3) is 1.05. The van der Waals surface area contributed by atoms with Gasteiger partial charge in [-0.05, 0) is 6.08 Å². The summed E-state index contributed by atoms with van der Waals surface area (Å²) < 4.78 is 0. The van der Waals surface area contributed by atoms with Crippen LogP contribution < -0.4 is 5.84 Å². The highest BCUT2D eigenvalue weighted by atomic mass is 15.4. The molecule has 0 saturated heterocycles. The number of hydrogen-bond acceptors (Lipinski definition) is 2. The molecule has 2 N–H and O–H groups in total. The van der Waals surface area contributed by atoms with Crippen LogP contribution in [-0.2, 0) is 0 Å². The SMILES string of the molecule is NN1[CH]C=CC=C1. The van der Waals surface area contributed by atoms with Crippen molar-refractivity contribution in [3.63, 3.8) is 0 Å². The first-order chi connectivity index (χ1) is 3.39. The lowest BCUT2D eigenvalue weighted by molar-refractivity contribution is 0.496. The van der Waals surface area contributed by atoms with Crippen LogP contribution >= 0.6 is 0 Å². The molecule has 0 aromatic rings. The molecule has 0 atom stereocenters. The van der Waals surface area contributed by atoms with E-state index in [4.69, 9.17) is 5.84 Å². The maximum Gasteiger partial charge on any atom is 0.0883 e. The van der Waals surface area contributed by atoms with Gasteiger partial charge in [0.2, 0.25) is 0 Å². The van der Waals surface area contributed by atoms with Gasteiger partial charge in [0.15, 0.2) is 0 Å². The summed E-state index contributed by atoms with van der Waals surface area (Å²) in [6, 6.07) is 0. The minimum Gasteiger partial charge on any atom is -0.309 e.